The summed E-state index contributed by atoms with van der Waals surface area (Å²) in [5, 5.41) is 0.574. The van der Waals surface area contributed by atoms with E-state index in [1.165, 1.54) is 16.7 Å². The van der Waals surface area contributed by atoms with Crippen LogP contribution < -0.4 is 9.64 Å². The Bertz CT molecular complexity index is 869. The fourth-order valence-electron chi connectivity index (χ4n) is 2.26. The van der Waals surface area contributed by atoms with Crippen molar-refractivity contribution in [2.45, 2.75) is 0 Å². The van der Waals surface area contributed by atoms with Gasteiger partial charge in [-0.2, -0.15) is 0 Å². The van der Waals surface area contributed by atoms with E-state index in [1.807, 2.05) is 24.3 Å². The van der Waals surface area contributed by atoms with Gasteiger partial charge in [-0.05, 0) is 42.5 Å². The zero-order valence-electron chi connectivity index (χ0n) is 12.5. The minimum atomic E-state index is -0.162. The summed E-state index contributed by atoms with van der Waals surface area (Å²) in [6.45, 7) is 0. The van der Waals surface area contributed by atoms with Crippen LogP contribution in [0.2, 0.25) is 5.02 Å². The average molecular weight is 441 g/mol. The number of ether oxygens (including phenoxy) is 1. The van der Waals surface area contributed by atoms with Gasteiger partial charge in [-0.1, -0.05) is 57.6 Å². The summed E-state index contributed by atoms with van der Waals surface area (Å²) in [6.07, 6.45) is 1.75. The predicted molar refractivity (Wildman–Crippen MR) is 108 cm³/mol. The van der Waals surface area contributed by atoms with E-state index in [1.54, 1.807) is 31.4 Å². The van der Waals surface area contributed by atoms with Gasteiger partial charge in [-0.3, -0.25) is 9.69 Å². The zero-order valence-corrected chi connectivity index (χ0v) is 16.4. The highest BCUT2D eigenvalue weighted by atomic mass is 79.9. The number of carbonyl (C=O) groups is 1. The van der Waals surface area contributed by atoms with Crippen LogP contribution in [0.15, 0.2) is 51.8 Å². The standard InChI is InChI=1S/C17H11BrClNO2S2/c1-22-14-6-5-12(19)7-10(14)8-15-16(21)20(17(23)24-15)13-4-2-3-11(18)9-13/h2-9H,1H3/b15-8+. The number of thioether (sulfide) groups is 1. The molecule has 1 heterocycles. The molecule has 1 aliphatic rings. The molecule has 3 nitrogen and oxygen atoms in total. The number of amides is 1. The Labute approximate surface area is 162 Å². The molecule has 0 bridgehead atoms. The Morgan fingerprint density at radius 2 is 2.08 bits per heavy atom. The molecular weight excluding hydrogens is 430 g/mol. The first kappa shape index (κ1) is 17.5. The molecule has 0 spiro atoms. The lowest BCUT2D eigenvalue weighted by Crippen LogP contribution is -2.27. The summed E-state index contributed by atoms with van der Waals surface area (Å²) in [4.78, 5) is 14.8. The summed E-state index contributed by atoms with van der Waals surface area (Å²) >= 11 is 16.1. The molecule has 2 aromatic carbocycles. The number of benzene rings is 2. The van der Waals surface area contributed by atoms with Crippen molar-refractivity contribution in [3.8, 4) is 5.75 Å². The number of thiocarbonyl (C=S) groups is 1. The molecule has 122 valence electrons. The monoisotopic (exact) mass is 439 g/mol. The second kappa shape index (κ2) is 7.27. The van der Waals surface area contributed by atoms with Crippen molar-refractivity contribution in [2.24, 2.45) is 0 Å². The quantitative estimate of drug-likeness (QED) is 0.464. The molecule has 7 heteroatoms. The maximum absolute atomic E-state index is 12.8. The molecular formula is C17H11BrClNO2S2. The molecule has 0 saturated carbocycles. The molecule has 0 aliphatic carbocycles. The number of hydrogen-bond acceptors (Lipinski definition) is 4. The molecule has 2 aromatic rings. The van der Waals surface area contributed by atoms with Crippen molar-refractivity contribution in [1.29, 1.82) is 0 Å². The molecule has 1 fully saturated rings. The molecule has 0 atom stereocenters. The highest BCUT2D eigenvalue weighted by Crippen LogP contribution is 2.38. The van der Waals surface area contributed by atoms with E-state index in [0.29, 0.717) is 20.0 Å². The van der Waals surface area contributed by atoms with Crippen molar-refractivity contribution in [3.05, 3.63) is 62.4 Å². The van der Waals surface area contributed by atoms with Crippen molar-refractivity contribution in [2.75, 3.05) is 12.0 Å². The second-order valence-corrected chi connectivity index (χ2v) is 7.91. The minimum Gasteiger partial charge on any atom is -0.496 e. The Kier molecular flexibility index (Phi) is 5.30. The third kappa shape index (κ3) is 3.52. The van der Waals surface area contributed by atoms with Crippen molar-refractivity contribution in [3.63, 3.8) is 0 Å². The number of rotatable bonds is 3. The number of hydrogen-bond donors (Lipinski definition) is 0. The maximum atomic E-state index is 12.8. The van der Waals surface area contributed by atoms with Crippen LogP contribution in [0.3, 0.4) is 0 Å². The predicted octanol–water partition coefficient (Wildman–Crippen LogP) is 5.52. The van der Waals surface area contributed by atoms with E-state index in [4.69, 9.17) is 28.6 Å². The van der Waals surface area contributed by atoms with Crippen LogP contribution in [0.5, 0.6) is 5.75 Å². The molecule has 0 N–H and O–H groups in total. The Balaban J connectivity index is 1.99. The molecule has 1 saturated heterocycles. The van der Waals surface area contributed by atoms with Gasteiger partial charge in [0, 0.05) is 15.1 Å². The van der Waals surface area contributed by atoms with Crippen LogP contribution in [0, 0.1) is 0 Å². The number of methoxy groups -OCH3 is 1. The molecule has 0 unspecified atom stereocenters. The summed E-state index contributed by atoms with van der Waals surface area (Å²) in [6, 6.07) is 12.7. The third-order valence-corrected chi connectivity index (χ3v) is 5.37. The molecule has 1 aliphatic heterocycles. The van der Waals surface area contributed by atoms with E-state index in [-0.39, 0.29) is 5.91 Å². The van der Waals surface area contributed by atoms with Crippen LogP contribution >= 0.6 is 51.5 Å². The fraction of sp³-hybridized carbons (Fsp3) is 0.0588. The molecule has 3 rings (SSSR count). The summed E-state index contributed by atoms with van der Waals surface area (Å²) in [5.41, 5.74) is 1.47. The Hall–Kier alpha value is -1.34. The minimum absolute atomic E-state index is 0.162. The van der Waals surface area contributed by atoms with Crippen LogP contribution in [0.1, 0.15) is 5.56 Å². The van der Waals surface area contributed by atoms with Crippen molar-refractivity contribution >= 4 is 73.5 Å². The van der Waals surface area contributed by atoms with E-state index in [0.717, 1.165) is 15.7 Å². The van der Waals surface area contributed by atoms with Gasteiger partial charge >= 0.3 is 0 Å². The van der Waals surface area contributed by atoms with Crippen LogP contribution in [0.4, 0.5) is 5.69 Å². The number of anilines is 1. The summed E-state index contributed by atoms with van der Waals surface area (Å²) in [7, 11) is 1.58. The van der Waals surface area contributed by atoms with Gasteiger partial charge in [0.1, 0.15) is 5.75 Å². The van der Waals surface area contributed by atoms with Crippen LogP contribution in [0.25, 0.3) is 6.08 Å². The number of nitrogens with zero attached hydrogens (tertiary/aromatic N) is 1. The number of halogens is 2. The molecule has 0 aromatic heterocycles. The van der Waals surface area contributed by atoms with Gasteiger partial charge in [0.05, 0.1) is 17.7 Å². The van der Waals surface area contributed by atoms with Crippen molar-refractivity contribution in [1.82, 2.24) is 0 Å². The highest BCUT2D eigenvalue weighted by molar-refractivity contribution is 9.10. The maximum Gasteiger partial charge on any atom is 0.270 e. The lowest BCUT2D eigenvalue weighted by Gasteiger charge is -2.14. The normalized spacial score (nSPS) is 16.1. The topological polar surface area (TPSA) is 29.5 Å². The smallest absolute Gasteiger partial charge is 0.270 e. The summed E-state index contributed by atoms with van der Waals surface area (Å²) in [5.74, 6) is 0.484. The Morgan fingerprint density at radius 3 is 2.79 bits per heavy atom. The van der Waals surface area contributed by atoms with E-state index < -0.39 is 0 Å². The SMILES string of the molecule is COc1ccc(Cl)cc1/C=C1/SC(=S)N(c2cccc(Br)c2)C1=O. The average Bonchev–Trinajstić information content (AvgIpc) is 2.81. The van der Waals surface area contributed by atoms with E-state index >= 15 is 0 Å². The van der Waals surface area contributed by atoms with Crippen LogP contribution in [-0.2, 0) is 4.79 Å². The molecule has 0 radical (unpaired) electrons. The third-order valence-electron chi connectivity index (χ3n) is 3.34. The lowest BCUT2D eigenvalue weighted by molar-refractivity contribution is -0.113. The van der Waals surface area contributed by atoms with Gasteiger partial charge in [0.25, 0.3) is 5.91 Å². The highest BCUT2D eigenvalue weighted by Gasteiger charge is 2.33. The first-order chi connectivity index (χ1) is 11.5. The summed E-state index contributed by atoms with van der Waals surface area (Å²) < 4.78 is 6.70. The van der Waals surface area contributed by atoms with Gasteiger partial charge in [-0.15, -0.1) is 0 Å². The van der Waals surface area contributed by atoms with Gasteiger partial charge in [0.15, 0.2) is 4.32 Å². The zero-order chi connectivity index (χ0) is 17.3. The fourth-order valence-corrected chi connectivity index (χ4v) is 4.12. The lowest BCUT2D eigenvalue weighted by atomic mass is 10.2. The van der Waals surface area contributed by atoms with E-state index in [2.05, 4.69) is 15.9 Å². The molecule has 1 amide bonds. The van der Waals surface area contributed by atoms with Gasteiger partial charge < -0.3 is 4.74 Å². The largest absolute Gasteiger partial charge is 0.496 e. The van der Waals surface area contributed by atoms with Crippen LogP contribution in [-0.4, -0.2) is 17.3 Å². The second-order valence-electron chi connectivity index (χ2n) is 4.88. The van der Waals surface area contributed by atoms with Gasteiger partial charge in [-0.25, -0.2) is 0 Å². The Morgan fingerprint density at radius 1 is 1.29 bits per heavy atom. The first-order valence-corrected chi connectivity index (χ1v) is 9.26. The van der Waals surface area contributed by atoms with Crippen molar-refractivity contribution < 1.29 is 9.53 Å². The van der Waals surface area contributed by atoms with Gasteiger partial charge in [0.2, 0.25) is 0 Å². The van der Waals surface area contributed by atoms with E-state index in [9.17, 15) is 4.79 Å². The first-order valence-electron chi connectivity index (χ1n) is 6.86. The number of carbonyl (C=O) groups excluding carboxylic acids is 1. The molecule has 24 heavy (non-hydrogen) atoms.